The number of carbonyl (C=O) groups excluding carboxylic acids is 1. The average molecular weight is 381 g/mol. The number of rotatable bonds is 10. The third kappa shape index (κ3) is 8.40. The van der Waals surface area contributed by atoms with E-state index in [4.69, 9.17) is 4.74 Å². The van der Waals surface area contributed by atoms with Gasteiger partial charge in [-0.05, 0) is 29.8 Å². The minimum atomic E-state index is -0.0387. The highest BCUT2D eigenvalue weighted by molar-refractivity contribution is 7.98. The van der Waals surface area contributed by atoms with Gasteiger partial charge in [0, 0.05) is 43.0 Å². The van der Waals surface area contributed by atoms with Crippen LogP contribution in [0.2, 0.25) is 0 Å². The van der Waals surface area contributed by atoms with Crippen molar-refractivity contribution in [3.05, 3.63) is 65.7 Å². The number of ether oxygens (including phenoxy) is 1. The predicted octanol–water partition coefficient (Wildman–Crippen LogP) is 3.37. The third-order valence-corrected chi connectivity index (χ3v) is 4.52. The molecule has 0 saturated carbocycles. The molecule has 136 valence electrons. The highest BCUT2D eigenvalue weighted by atomic mass is 35.5. The zero-order valence-electron chi connectivity index (χ0n) is 14.4. The van der Waals surface area contributed by atoms with Crippen LogP contribution in [0, 0.1) is 0 Å². The molecule has 6 heteroatoms. The van der Waals surface area contributed by atoms with Crippen LogP contribution in [0.1, 0.15) is 15.9 Å². The van der Waals surface area contributed by atoms with E-state index >= 15 is 0 Å². The molecule has 0 aliphatic heterocycles. The smallest absolute Gasteiger partial charge is 0.251 e. The van der Waals surface area contributed by atoms with Crippen molar-refractivity contribution in [3.63, 3.8) is 0 Å². The monoisotopic (exact) mass is 380 g/mol. The minimum Gasteiger partial charge on any atom is -0.383 e. The molecule has 0 spiro atoms. The van der Waals surface area contributed by atoms with E-state index in [2.05, 4.69) is 22.8 Å². The Morgan fingerprint density at radius 2 is 1.72 bits per heavy atom. The molecule has 2 rings (SSSR count). The van der Waals surface area contributed by atoms with Crippen LogP contribution >= 0.6 is 24.2 Å². The van der Waals surface area contributed by atoms with Crippen molar-refractivity contribution in [2.24, 2.45) is 0 Å². The molecule has 2 aromatic carbocycles. The van der Waals surface area contributed by atoms with Gasteiger partial charge in [0.15, 0.2) is 0 Å². The van der Waals surface area contributed by atoms with E-state index in [9.17, 15) is 4.79 Å². The lowest BCUT2D eigenvalue weighted by molar-refractivity contribution is 0.0953. The van der Waals surface area contributed by atoms with Gasteiger partial charge >= 0.3 is 0 Å². The van der Waals surface area contributed by atoms with E-state index in [1.165, 1.54) is 5.56 Å². The van der Waals surface area contributed by atoms with E-state index in [0.717, 1.165) is 23.7 Å². The standard InChI is InChI=1S/C19H24N2O2S.ClH/c1-23-14-13-20-11-12-21-19(22)17-7-9-18(10-8-17)24-15-16-5-3-2-4-6-16;/h2-10,20H,11-15H2,1H3,(H,21,22);1H. The third-order valence-electron chi connectivity index (χ3n) is 3.44. The molecule has 0 bridgehead atoms. The van der Waals surface area contributed by atoms with Gasteiger partial charge in [-0.3, -0.25) is 4.79 Å². The topological polar surface area (TPSA) is 50.4 Å². The Morgan fingerprint density at radius 1 is 1.00 bits per heavy atom. The number of amides is 1. The Balaban J connectivity index is 0.00000312. The highest BCUT2D eigenvalue weighted by Crippen LogP contribution is 2.22. The number of hydrogen-bond donors (Lipinski definition) is 2. The SMILES string of the molecule is COCCNCCNC(=O)c1ccc(SCc2ccccc2)cc1.Cl. The van der Waals surface area contributed by atoms with Crippen molar-refractivity contribution in [3.8, 4) is 0 Å². The lowest BCUT2D eigenvalue weighted by Gasteiger charge is -2.07. The van der Waals surface area contributed by atoms with Gasteiger partial charge in [-0.15, -0.1) is 24.2 Å². The molecule has 25 heavy (non-hydrogen) atoms. The highest BCUT2D eigenvalue weighted by Gasteiger charge is 2.04. The number of benzene rings is 2. The van der Waals surface area contributed by atoms with Crippen LogP contribution < -0.4 is 10.6 Å². The number of methoxy groups -OCH3 is 1. The molecule has 4 nitrogen and oxygen atoms in total. The Morgan fingerprint density at radius 3 is 2.40 bits per heavy atom. The summed E-state index contributed by atoms with van der Waals surface area (Å²) in [6.45, 7) is 2.81. The number of halogens is 1. The molecule has 0 radical (unpaired) electrons. The summed E-state index contributed by atoms with van der Waals surface area (Å²) in [5, 5.41) is 6.10. The van der Waals surface area contributed by atoms with Crippen LogP contribution in [0.3, 0.4) is 0 Å². The van der Waals surface area contributed by atoms with Crippen molar-refractivity contribution in [1.29, 1.82) is 0 Å². The quantitative estimate of drug-likeness (QED) is 0.490. The van der Waals surface area contributed by atoms with Gasteiger partial charge in [0.05, 0.1) is 6.61 Å². The second kappa shape index (κ2) is 12.8. The zero-order valence-corrected chi connectivity index (χ0v) is 16.0. The van der Waals surface area contributed by atoms with Gasteiger partial charge in [-0.25, -0.2) is 0 Å². The Kier molecular flexibility index (Phi) is 11.0. The van der Waals surface area contributed by atoms with Crippen LogP contribution in [-0.4, -0.2) is 39.3 Å². The molecular formula is C19H25ClN2O2S. The summed E-state index contributed by atoms with van der Waals surface area (Å²) in [6.07, 6.45) is 0. The average Bonchev–Trinajstić information content (AvgIpc) is 2.64. The van der Waals surface area contributed by atoms with E-state index in [1.807, 2.05) is 42.5 Å². The van der Waals surface area contributed by atoms with Crippen LogP contribution in [-0.2, 0) is 10.5 Å². The summed E-state index contributed by atoms with van der Waals surface area (Å²) in [5.74, 6) is 0.891. The fraction of sp³-hybridized carbons (Fsp3) is 0.316. The van der Waals surface area contributed by atoms with Crippen molar-refractivity contribution >= 4 is 30.1 Å². The first kappa shape index (κ1) is 21.5. The van der Waals surface area contributed by atoms with Gasteiger partial charge in [-0.1, -0.05) is 30.3 Å². The second-order valence-corrected chi connectivity index (χ2v) is 6.35. The van der Waals surface area contributed by atoms with E-state index in [0.29, 0.717) is 18.7 Å². The summed E-state index contributed by atoms with van der Waals surface area (Å²) >= 11 is 1.77. The van der Waals surface area contributed by atoms with Crippen LogP contribution in [0.25, 0.3) is 0 Å². The van der Waals surface area contributed by atoms with Gasteiger partial charge in [-0.2, -0.15) is 0 Å². The number of nitrogens with one attached hydrogen (secondary N) is 2. The Bertz CT molecular complexity index is 609. The molecule has 0 atom stereocenters. The largest absolute Gasteiger partial charge is 0.383 e. The lowest BCUT2D eigenvalue weighted by atomic mass is 10.2. The van der Waals surface area contributed by atoms with Gasteiger partial charge in [0.25, 0.3) is 5.91 Å². The van der Waals surface area contributed by atoms with E-state index in [-0.39, 0.29) is 18.3 Å². The maximum atomic E-state index is 12.1. The number of carbonyl (C=O) groups is 1. The molecule has 0 heterocycles. The van der Waals surface area contributed by atoms with Crippen molar-refractivity contribution in [2.45, 2.75) is 10.6 Å². The first-order chi connectivity index (χ1) is 11.8. The maximum Gasteiger partial charge on any atom is 0.251 e. The van der Waals surface area contributed by atoms with Crippen molar-refractivity contribution in [1.82, 2.24) is 10.6 Å². The molecule has 0 fully saturated rings. The first-order valence-electron chi connectivity index (χ1n) is 8.04. The molecule has 2 aromatic rings. The molecule has 0 aliphatic rings. The Labute approximate surface area is 160 Å². The van der Waals surface area contributed by atoms with Crippen LogP contribution in [0.15, 0.2) is 59.5 Å². The van der Waals surface area contributed by atoms with Crippen LogP contribution in [0.5, 0.6) is 0 Å². The van der Waals surface area contributed by atoms with Gasteiger partial charge in [0.2, 0.25) is 0 Å². The van der Waals surface area contributed by atoms with Gasteiger partial charge < -0.3 is 15.4 Å². The normalized spacial score (nSPS) is 10.1. The van der Waals surface area contributed by atoms with Crippen LogP contribution in [0.4, 0.5) is 0 Å². The Hall–Kier alpha value is -1.53. The van der Waals surface area contributed by atoms with E-state index in [1.54, 1.807) is 18.9 Å². The van der Waals surface area contributed by atoms with Crippen molar-refractivity contribution < 1.29 is 9.53 Å². The molecule has 0 aliphatic carbocycles. The molecule has 0 unspecified atom stereocenters. The summed E-state index contributed by atoms with van der Waals surface area (Å²) in [4.78, 5) is 13.2. The summed E-state index contributed by atoms with van der Waals surface area (Å²) < 4.78 is 4.95. The molecular weight excluding hydrogens is 356 g/mol. The summed E-state index contributed by atoms with van der Waals surface area (Å²) in [5.41, 5.74) is 1.99. The summed E-state index contributed by atoms with van der Waals surface area (Å²) in [6, 6.07) is 18.1. The second-order valence-electron chi connectivity index (χ2n) is 5.30. The molecule has 0 saturated heterocycles. The van der Waals surface area contributed by atoms with E-state index < -0.39 is 0 Å². The summed E-state index contributed by atoms with van der Waals surface area (Å²) in [7, 11) is 1.67. The number of thioether (sulfide) groups is 1. The van der Waals surface area contributed by atoms with Crippen molar-refractivity contribution in [2.75, 3.05) is 33.4 Å². The fourth-order valence-corrected chi connectivity index (χ4v) is 2.96. The lowest BCUT2D eigenvalue weighted by Crippen LogP contribution is -2.33. The zero-order chi connectivity index (χ0) is 17.0. The fourth-order valence-electron chi connectivity index (χ4n) is 2.11. The van der Waals surface area contributed by atoms with Gasteiger partial charge in [0.1, 0.15) is 0 Å². The number of hydrogen-bond acceptors (Lipinski definition) is 4. The first-order valence-corrected chi connectivity index (χ1v) is 9.03. The molecule has 2 N–H and O–H groups in total. The predicted molar refractivity (Wildman–Crippen MR) is 107 cm³/mol. The molecule has 1 amide bonds. The molecule has 0 aromatic heterocycles. The minimum absolute atomic E-state index is 0. The maximum absolute atomic E-state index is 12.1.